The minimum atomic E-state index is -0.638. The zero-order valence-electron chi connectivity index (χ0n) is 10.3. The van der Waals surface area contributed by atoms with E-state index in [0.717, 1.165) is 30.6 Å². The fourth-order valence-electron chi connectivity index (χ4n) is 2.23. The Morgan fingerprint density at radius 2 is 2.00 bits per heavy atom. The Balaban J connectivity index is 2.39. The lowest BCUT2D eigenvalue weighted by Gasteiger charge is -2.38. The maximum atomic E-state index is 10.3. The Morgan fingerprint density at radius 1 is 1.31 bits per heavy atom. The van der Waals surface area contributed by atoms with Gasteiger partial charge in [-0.1, -0.05) is 26.0 Å². The summed E-state index contributed by atoms with van der Waals surface area (Å²) < 4.78 is 5.40. The highest BCUT2D eigenvalue weighted by molar-refractivity contribution is 5.43. The molecule has 1 N–H and O–H groups in total. The van der Waals surface area contributed by atoms with Crippen LogP contribution in [0.5, 0.6) is 5.75 Å². The third-order valence-corrected chi connectivity index (χ3v) is 3.57. The second-order valence-corrected chi connectivity index (χ2v) is 5.00. The Labute approximate surface area is 97.3 Å². The molecule has 2 nitrogen and oxygen atoms in total. The number of ether oxygens (including phenoxy) is 1. The van der Waals surface area contributed by atoms with E-state index in [4.69, 9.17) is 4.74 Å². The van der Waals surface area contributed by atoms with Gasteiger partial charge in [0, 0.05) is 5.56 Å². The first kappa shape index (κ1) is 11.5. The van der Waals surface area contributed by atoms with Gasteiger partial charge in [-0.2, -0.15) is 0 Å². The van der Waals surface area contributed by atoms with Crippen LogP contribution in [0.25, 0.3) is 0 Å². The molecule has 1 saturated carbocycles. The first-order valence-electron chi connectivity index (χ1n) is 5.97. The molecule has 2 rings (SSSR count). The van der Waals surface area contributed by atoms with Crippen molar-refractivity contribution in [3.05, 3.63) is 29.3 Å². The van der Waals surface area contributed by atoms with Crippen molar-refractivity contribution in [3.8, 4) is 5.75 Å². The lowest BCUT2D eigenvalue weighted by Crippen LogP contribution is -2.34. The maximum Gasteiger partial charge on any atom is 0.125 e. The predicted molar refractivity (Wildman–Crippen MR) is 64.8 cm³/mol. The van der Waals surface area contributed by atoms with E-state index < -0.39 is 5.60 Å². The van der Waals surface area contributed by atoms with Gasteiger partial charge in [0.1, 0.15) is 5.75 Å². The summed E-state index contributed by atoms with van der Waals surface area (Å²) in [6.45, 7) is 4.32. The van der Waals surface area contributed by atoms with E-state index in [1.165, 1.54) is 5.56 Å². The van der Waals surface area contributed by atoms with Crippen LogP contribution >= 0.6 is 0 Å². The predicted octanol–water partition coefficient (Wildman–Crippen LogP) is 3.19. The van der Waals surface area contributed by atoms with Crippen molar-refractivity contribution >= 4 is 0 Å². The molecule has 0 spiro atoms. The SMILES string of the molecule is COc1cc(C(C)C)ccc1C1(O)CCC1. The van der Waals surface area contributed by atoms with Crippen LogP contribution in [0.1, 0.15) is 50.2 Å². The minimum Gasteiger partial charge on any atom is -0.496 e. The van der Waals surface area contributed by atoms with Crippen LogP contribution in [0, 0.1) is 0 Å². The molecule has 0 amide bonds. The van der Waals surface area contributed by atoms with E-state index in [0.29, 0.717) is 5.92 Å². The van der Waals surface area contributed by atoms with Crippen molar-refractivity contribution in [3.63, 3.8) is 0 Å². The molecule has 1 aromatic carbocycles. The average molecular weight is 220 g/mol. The van der Waals surface area contributed by atoms with Crippen molar-refractivity contribution < 1.29 is 9.84 Å². The Hall–Kier alpha value is -1.02. The molecule has 1 aliphatic carbocycles. The van der Waals surface area contributed by atoms with E-state index in [2.05, 4.69) is 26.0 Å². The molecule has 1 aromatic rings. The number of rotatable bonds is 3. The Bertz CT molecular complexity index is 378. The topological polar surface area (TPSA) is 29.5 Å². The molecule has 88 valence electrons. The molecular weight excluding hydrogens is 200 g/mol. The second kappa shape index (κ2) is 4.10. The lowest BCUT2D eigenvalue weighted by atomic mass is 9.74. The summed E-state index contributed by atoms with van der Waals surface area (Å²) in [4.78, 5) is 0. The summed E-state index contributed by atoms with van der Waals surface area (Å²) >= 11 is 0. The van der Waals surface area contributed by atoms with E-state index in [1.807, 2.05) is 6.07 Å². The van der Waals surface area contributed by atoms with Crippen molar-refractivity contribution in [2.75, 3.05) is 7.11 Å². The highest BCUT2D eigenvalue weighted by Gasteiger charge is 2.38. The zero-order chi connectivity index (χ0) is 11.8. The molecule has 1 fully saturated rings. The molecule has 0 unspecified atom stereocenters. The van der Waals surface area contributed by atoms with Gasteiger partial charge in [0.05, 0.1) is 12.7 Å². The Kier molecular flexibility index (Phi) is 2.94. The van der Waals surface area contributed by atoms with Gasteiger partial charge in [0.25, 0.3) is 0 Å². The molecule has 0 atom stereocenters. The van der Waals surface area contributed by atoms with Crippen LogP contribution < -0.4 is 4.74 Å². The number of hydrogen-bond donors (Lipinski definition) is 1. The summed E-state index contributed by atoms with van der Waals surface area (Å²) in [5.74, 6) is 1.31. The quantitative estimate of drug-likeness (QED) is 0.847. The van der Waals surface area contributed by atoms with Crippen molar-refractivity contribution in [1.82, 2.24) is 0 Å². The average Bonchev–Trinajstić information content (AvgIpc) is 2.25. The number of aliphatic hydroxyl groups is 1. The van der Waals surface area contributed by atoms with Crippen molar-refractivity contribution in [1.29, 1.82) is 0 Å². The summed E-state index contributed by atoms with van der Waals surface area (Å²) in [5, 5.41) is 10.3. The van der Waals surface area contributed by atoms with Crippen LogP contribution in [0.4, 0.5) is 0 Å². The van der Waals surface area contributed by atoms with Gasteiger partial charge in [-0.15, -0.1) is 0 Å². The lowest BCUT2D eigenvalue weighted by molar-refractivity contribution is -0.0404. The van der Waals surface area contributed by atoms with E-state index in [-0.39, 0.29) is 0 Å². The molecule has 0 saturated heterocycles. The largest absolute Gasteiger partial charge is 0.496 e. The van der Waals surface area contributed by atoms with Crippen LogP contribution in [0.15, 0.2) is 18.2 Å². The third kappa shape index (κ3) is 1.82. The maximum absolute atomic E-state index is 10.3. The summed E-state index contributed by atoms with van der Waals surface area (Å²) in [5.41, 5.74) is 1.56. The highest BCUT2D eigenvalue weighted by atomic mass is 16.5. The van der Waals surface area contributed by atoms with E-state index >= 15 is 0 Å². The fraction of sp³-hybridized carbons (Fsp3) is 0.571. The monoisotopic (exact) mass is 220 g/mol. The van der Waals surface area contributed by atoms with Gasteiger partial charge >= 0.3 is 0 Å². The highest BCUT2D eigenvalue weighted by Crippen LogP contribution is 2.45. The molecule has 0 radical (unpaired) electrons. The molecule has 16 heavy (non-hydrogen) atoms. The van der Waals surface area contributed by atoms with E-state index in [9.17, 15) is 5.11 Å². The number of methoxy groups -OCH3 is 1. The third-order valence-electron chi connectivity index (χ3n) is 3.57. The van der Waals surface area contributed by atoms with Gasteiger partial charge in [0.2, 0.25) is 0 Å². The van der Waals surface area contributed by atoms with Crippen LogP contribution in [-0.2, 0) is 5.60 Å². The van der Waals surface area contributed by atoms with Gasteiger partial charge in [-0.3, -0.25) is 0 Å². The zero-order valence-corrected chi connectivity index (χ0v) is 10.3. The molecule has 0 aromatic heterocycles. The first-order chi connectivity index (χ1) is 7.57. The second-order valence-electron chi connectivity index (χ2n) is 5.00. The van der Waals surface area contributed by atoms with Gasteiger partial charge in [-0.25, -0.2) is 0 Å². The summed E-state index contributed by atoms with van der Waals surface area (Å²) in [6.07, 6.45) is 2.81. The minimum absolute atomic E-state index is 0.485. The van der Waals surface area contributed by atoms with Crippen LogP contribution in [0.3, 0.4) is 0 Å². The van der Waals surface area contributed by atoms with Crippen molar-refractivity contribution in [2.45, 2.75) is 44.6 Å². The normalized spacial score (nSPS) is 18.3. The number of hydrogen-bond acceptors (Lipinski definition) is 2. The molecule has 0 bridgehead atoms. The van der Waals surface area contributed by atoms with Crippen molar-refractivity contribution in [2.24, 2.45) is 0 Å². The molecular formula is C14H20O2. The smallest absolute Gasteiger partial charge is 0.125 e. The van der Waals surface area contributed by atoms with Gasteiger partial charge in [0.15, 0.2) is 0 Å². The van der Waals surface area contributed by atoms with Gasteiger partial charge in [-0.05, 0) is 36.8 Å². The summed E-state index contributed by atoms with van der Waals surface area (Å²) in [6, 6.07) is 6.17. The number of benzene rings is 1. The van der Waals surface area contributed by atoms with Crippen LogP contribution in [0.2, 0.25) is 0 Å². The van der Waals surface area contributed by atoms with Gasteiger partial charge < -0.3 is 9.84 Å². The standard InChI is InChI=1S/C14H20O2/c1-10(2)11-5-6-12(13(9-11)16-3)14(15)7-4-8-14/h5-6,9-10,15H,4,7-8H2,1-3H3. The molecule has 1 aliphatic rings. The molecule has 0 aliphatic heterocycles. The first-order valence-corrected chi connectivity index (χ1v) is 5.97. The fourth-order valence-corrected chi connectivity index (χ4v) is 2.23. The Morgan fingerprint density at radius 3 is 2.44 bits per heavy atom. The van der Waals surface area contributed by atoms with E-state index in [1.54, 1.807) is 7.11 Å². The summed E-state index contributed by atoms with van der Waals surface area (Å²) in [7, 11) is 1.67. The molecule has 0 heterocycles. The van der Waals surface area contributed by atoms with Crippen LogP contribution in [-0.4, -0.2) is 12.2 Å². The molecule has 2 heteroatoms.